The van der Waals surface area contributed by atoms with Gasteiger partial charge in [0.15, 0.2) is 5.82 Å². The summed E-state index contributed by atoms with van der Waals surface area (Å²) >= 11 is 0. The second-order valence-electron chi connectivity index (χ2n) is 4.36. The van der Waals surface area contributed by atoms with E-state index in [-0.39, 0.29) is 0 Å². The zero-order valence-electron chi connectivity index (χ0n) is 10.4. The van der Waals surface area contributed by atoms with Crippen molar-refractivity contribution in [2.75, 3.05) is 0 Å². The second kappa shape index (κ2) is 6.34. The topological polar surface area (TPSA) is 88.2 Å². The fourth-order valence-electron chi connectivity index (χ4n) is 1.46. The number of hydrogen-bond acceptors (Lipinski definition) is 5. The molecule has 1 unspecified atom stereocenters. The SMILES string of the molecule is CCc1nc(CNC(CC(C)C)C(=O)O)no1. The van der Waals surface area contributed by atoms with Crippen molar-refractivity contribution in [1.29, 1.82) is 0 Å². The van der Waals surface area contributed by atoms with Gasteiger partial charge in [0.05, 0.1) is 6.54 Å². The Labute approximate surface area is 100 Å². The maximum Gasteiger partial charge on any atom is 0.320 e. The highest BCUT2D eigenvalue weighted by Crippen LogP contribution is 2.06. The molecule has 1 aromatic rings. The summed E-state index contributed by atoms with van der Waals surface area (Å²) in [6.07, 6.45) is 1.26. The number of aromatic nitrogens is 2. The summed E-state index contributed by atoms with van der Waals surface area (Å²) in [5, 5.41) is 15.7. The van der Waals surface area contributed by atoms with E-state index in [1.165, 1.54) is 0 Å². The van der Waals surface area contributed by atoms with Crippen molar-refractivity contribution in [2.45, 2.75) is 46.2 Å². The zero-order chi connectivity index (χ0) is 12.8. The molecule has 0 saturated heterocycles. The molecule has 2 N–H and O–H groups in total. The molecule has 0 aromatic carbocycles. The number of hydrogen-bond donors (Lipinski definition) is 2. The lowest BCUT2D eigenvalue weighted by molar-refractivity contribution is -0.140. The average Bonchev–Trinajstić information content (AvgIpc) is 2.71. The molecular weight excluding hydrogens is 222 g/mol. The number of nitrogens with zero attached hydrogens (tertiary/aromatic N) is 2. The van der Waals surface area contributed by atoms with Gasteiger partial charge in [-0.3, -0.25) is 10.1 Å². The molecule has 0 aliphatic carbocycles. The first-order chi connectivity index (χ1) is 8.02. The smallest absolute Gasteiger partial charge is 0.320 e. The van der Waals surface area contributed by atoms with Crippen molar-refractivity contribution in [3.63, 3.8) is 0 Å². The fraction of sp³-hybridized carbons (Fsp3) is 0.727. The summed E-state index contributed by atoms with van der Waals surface area (Å²) in [5.41, 5.74) is 0. The Kier molecular flexibility index (Phi) is 5.09. The number of aryl methyl sites for hydroxylation is 1. The first-order valence-corrected chi connectivity index (χ1v) is 5.80. The highest BCUT2D eigenvalue weighted by atomic mass is 16.5. The van der Waals surface area contributed by atoms with Gasteiger partial charge in [-0.15, -0.1) is 0 Å². The van der Waals surface area contributed by atoms with Gasteiger partial charge in [0.2, 0.25) is 5.89 Å². The van der Waals surface area contributed by atoms with E-state index < -0.39 is 12.0 Å². The Balaban J connectivity index is 2.48. The van der Waals surface area contributed by atoms with E-state index >= 15 is 0 Å². The van der Waals surface area contributed by atoms with E-state index in [0.29, 0.717) is 37.0 Å². The molecule has 0 saturated carbocycles. The van der Waals surface area contributed by atoms with Gasteiger partial charge in [-0.2, -0.15) is 4.98 Å². The molecule has 0 fully saturated rings. The van der Waals surface area contributed by atoms with E-state index in [9.17, 15) is 4.79 Å². The predicted octanol–water partition coefficient (Wildman–Crippen LogP) is 1.22. The molecule has 17 heavy (non-hydrogen) atoms. The van der Waals surface area contributed by atoms with Crippen LogP contribution in [0.4, 0.5) is 0 Å². The second-order valence-corrected chi connectivity index (χ2v) is 4.36. The number of nitrogens with one attached hydrogen (secondary N) is 1. The summed E-state index contributed by atoms with van der Waals surface area (Å²) in [6, 6.07) is -0.571. The number of aliphatic carboxylic acids is 1. The van der Waals surface area contributed by atoms with Gasteiger partial charge in [-0.05, 0) is 12.3 Å². The van der Waals surface area contributed by atoms with Crippen LogP contribution in [0.25, 0.3) is 0 Å². The summed E-state index contributed by atoms with van der Waals surface area (Å²) < 4.78 is 4.94. The van der Waals surface area contributed by atoms with Crippen LogP contribution in [-0.2, 0) is 17.8 Å². The van der Waals surface area contributed by atoms with Crippen molar-refractivity contribution >= 4 is 5.97 Å². The summed E-state index contributed by atoms with van der Waals surface area (Å²) in [6.45, 7) is 6.21. The van der Waals surface area contributed by atoms with Crippen molar-refractivity contribution in [3.8, 4) is 0 Å². The molecule has 0 bridgehead atoms. The highest BCUT2D eigenvalue weighted by Gasteiger charge is 2.18. The average molecular weight is 241 g/mol. The normalized spacial score (nSPS) is 12.9. The minimum absolute atomic E-state index is 0.313. The standard InChI is InChI=1S/C11H19N3O3/c1-4-10-13-9(14-17-10)6-12-8(11(15)16)5-7(2)3/h7-8,12H,4-6H2,1-3H3,(H,15,16). The third-order valence-electron chi connectivity index (χ3n) is 2.32. The highest BCUT2D eigenvalue weighted by molar-refractivity contribution is 5.73. The van der Waals surface area contributed by atoms with Gasteiger partial charge < -0.3 is 9.63 Å². The molecule has 0 spiro atoms. The molecule has 96 valence electrons. The van der Waals surface area contributed by atoms with Crippen molar-refractivity contribution in [2.24, 2.45) is 5.92 Å². The lowest BCUT2D eigenvalue weighted by Gasteiger charge is -2.14. The zero-order valence-corrected chi connectivity index (χ0v) is 10.4. The number of carboxylic acid groups (broad SMARTS) is 1. The van der Waals surface area contributed by atoms with Gasteiger partial charge in [-0.25, -0.2) is 0 Å². The van der Waals surface area contributed by atoms with Gasteiger partial charge in [0, 0.05) is 6.42 Å². The van der Waals surface area contributed by atoms with Crippen LogP contribution >= 0.6 is 0 Å². The van der Waals surface area contributed by atoms with Crippen LogP contribution in [0.3, 0.4) is 0 Å². The number of carboxylic acids is 1. The van der Waals surface area contributed by atoms with Crippen LogP contribution in [0.5, 0.6) is 0 Å². The van der Waals surface area contributed by atoms with E-state index in [2.05, 4.69) is 15.5 Å². The van der Waals surface area contributed by atoms with Crippen LogP contribution in [-0.4, -0.2) is 27.3 Å². The van der Waals surface area contributed by atoms with Gasteiger partial charge >= 0.3 is 5.97 Å². The first kappa shape index (κ1) is 13.6. The van der Waals surface area contributed by atoms with Crippen molar-refractivity contribution < 1.29 is 14.4 Å². The molecular formula is C11H19N3O3. The summed E-state index contributed by atoms with van der Waals surface area (Å²) in [5.74, 6) is 0.535. The van der Waals surface area contributed by atoms with Gasteiger partial charge in [0.1, 0.15) is 6.04 Å². The Morgan fingerprint density at radius 3 is 2.71 bits per heavy atom. The molecule has 6 nitrogen and oxygen atoms in total. The van der Waals surface area contributed by atoms with Gasteiger partial charge in [-0.1, -0.05) is 25.9 Å². The summed E-state index contributed by atoms with van der Waals surface area (Å²) in [4.78, 5) is 15.1. The molecule has 1 rings (SSSR count). The van der Waals surface area contributed by atoms with Crippen LogP contribution in [0, 0.1) is 5.92 Å². The molecule has 0 aliphatic heterocycles. The lowest BCUT2D eigenvalue weighted by atomic mass is 10.0. The Morgan fingerprint density at radius 1 is 1.53 bits per heavy atom. The minimum atomic E-state index is -0.849. The van der Waals surface area contributed by atoms with Crippen LogP contribution in [0.1, 0.15) is 38.9 Å². The molecule has 1 heterocycles. The third kappa shape index (κ3) is 4.52. The Bertz CT molecular complexity index is 363. The molecule has 0 radical (unpaired) electrons. The van der Waals surface area contributed by atoms with Crippen LogP contribution in [0.15, 0.2) is 4.52 Å². The molecule has 1 aromatic heterocycles. The first-order valence-electron chi connectivity index (χ1n) is 5.80. The monoisotopic (exact) mass is 241 g/mol. The molecule has 1 atom stereocenters. The van der Waals surface area contributed by atoms with E-state index in [4.69, 9.17) is 9.63 Å². The fourth-order valence-corrected chi connectivity index (χ4v) is 1.46. The summed E-state index contributed by atoms with van der Waals surface area (Å²) in [7, 11) is 0. The maximum absolute atomic E-state index is 11.0. The lowest BCUT2D eigenvalue weighted by Crippen LogP contribution is -2.37. The predicted molar refractivity (Wildman–Crippen MR) is 61.4 cm³/mol. The third-order valence-corrected chi connectivity index (χ3v) is 2.32. The molecule has 0 amide bonds. The largest absolute Gasteiger partial charge is 0.480 e. The quantitative estimate of drug-likeness (QED) is 0.746. The van der Waals surface area contributed by atoms with Crippen molar-refractivity contribution in [3.05, 3.63) is 11.7 Å². The van der Waals surface area contributed by atoms with Gasteiger partial charge in [0.25, 0.3) is 0 Å². The van der Waals surface area contributed by atoms with E-state index in [0.717, 1.165) is 0 Å². The Morgan fingerprint density at radius 2 is 2.24 bits per heavy atom. The van der Waals surface area contributed by atoms with E-state index in [1.807, 2.05) is 20.8 Å². The van der Waals surface area contributed by atoms with Crippen LogP contribution in [0.2, 0.25) is 0 Å². The molecule has 6 heteroatoms. The molecule has 0 aliphatic rings. The Hall–Kier alpha value is -1.43. The van der Waals surface area contributed by atoms with Crippen molar-refractivity contribution in [1.82, 2.24) is 15.5 Å². The minimum Gasteiger partial charge on any atom is -0.480 e. The van der Waals surface area contributed by atoms with Crippen LogP contribution < -0.4 is 5.32 Å². The maximum atomic E-state index is 11.0. The van der Waals surface area contributed by atoms with E-state index in [1.54, 1.807) is 0 Å². The number of rotatable bonds is 7. The number of carbonyl (C=O) groups is 1.